The van der Waals surface area contributed by atoms with Crippen molar-refractivity contribution in [3.63, 3.8) is 0 Å². The van der Waals surface area contributed by atoms with E-state index >= 15 is 0 Å². The fourth-order valence-corrected chi connectivity index (χ4v) is 0.886. The van der Waals surface area contributed by atoms with Crippen LogP contribution in [-0.2, 0) is 0 Å². The summed E-state index contributed by atoms with van der Waals surface area (Å²) in [7, 11) is 0. The van der Waals surface area contributed by atoms with Gasteiger partial charge in [0.25, 0.3) is 0 Å². The molecular weight excluding hydrogens is 237 g/mol. The Morgan fingerprint density at radius 3 is 2.38 bits per heavy atom. The fourth-order valence-electron chi connectivity index (χ4n) is 0.781. The van der Waals surface area contributed by atoms with Gasteiger partial charge in [0.1, 0.15) is 0 Å². The number of rotatable bonds is 3. The van der Waals surface area contributed by atoms with Gasteiger partial charge in [0.15, 0.2) is 0 Å². The van der Waals surface area contributed by atoms with Gasteiger partial charge >= 0.3 is 6.18 Å². The molecule has 84 valence electrons. The fraction of sp³-hybridized carbons (Fsp3) is 0.200. The van der Waals surface area contributed by atoms with E-state index in [0.29, 0.717) is 6.08 Å². The van der Waals surface area contributed by atoms with Gasteiger partial charge in [-0.15, -0.1) is 0 Å². The second-order valence-electron chi connectivity index (χ2n) is 2.56. The van der Waals surface area contributed by atoms with E-state index in [1.807, 2.05) is 5.16 Å². The Labute approximate surface area is 96.1 Å². The van der Waals surface area contributed by atoms with Gasteiger partial charge in [-0.2, -0.15) is 23.4 Å². The Bertz CT molecular complexity index is 432. The second-order valence-corrected chi connectivity index (χ2v) is 2.75. The Hall–Kier alpha value is -1.70. The van der Waals surface area contributed by atoms with E-state index < -0.39 is 17.3 Å². The van der Waals surface area contributed by atoms with E-state index in [4.69, 9.17) is 5.26 Å². The first-order chi connectivity index (χ1) is 7.36. The summed E-state index contributed by atoms with van der Waals surface area (Å²) in [5.74, 6) is 0. The topological polar surface area (TPSA) is 36.1 Å². The van der Waals surface area contributed by atoms with Crippen LogP contribution < -0.4 is 0 Å². The average Bonchev–Trinajstić information content (AvgIpc) is 2.21. The van der Waals surface area contributed by atoms with Crippen LogP contribution in [0.4, 0.5) is 13.2 Å². The van der Waals surface area contributed by atoms with Crippen molar-refractivity contribution in [2.24, 2.45) is 4.99 Å². The lowest BCUT2D eigenvalue weighted by atomic mass is 10.1. The van der Waals surface area contributed by atoms with Crippen LogP contribution in [0.25, 0.3) is 0 Å². The van der Waals surface area contributed by atoms with Gasteiger partial charge in [-0.25, -0.2) is 0 Å². The molecule has 0 spiro atoms. The van der Waals surface area contributed by atoms with Gasteiger partial charge in [-0.1, -0.05) is 12.7 Å². The lowest BCUT2D eigenvalue weighted by molar-refractivity contribution is -0.0889. The predicted molar refractivity (Wildman–Crippen MR) is 57.7 cm³/mol. The standard InChI is InChI=1S/C10H7F3N2S/c1-3-8(15-6-16)4-9(7(2)5-14)10(11,12)13/h3-4H,2H2,1H3. The molecule has 2 nitrogen and oxygen atoms in total. The minimum Gasteiger partial charge on any atom is -0.195 e. The molecule has 0 aromatic heterocycles. The van der Waals surface area contributed by atoms with Gasteiger partial charge < -0.3 is 0 Å². The summed E-state index contributed by atoms with van der Waals surface area (Å²) in [6, 6.07) is 1.35. The maximum absolute atomic E-state index is 12.5. The summed E-state index contributed by atoms with van der Waals surface area (Å²) >= 11 is 4.28. The van der Waals surface area contributed by atoms with Crippen LogP contribution in [0.2, 0.25) is 0 Å². The molecule has 0 bridgehead atoms. The molecule has 6 heteroatoms. The van der Waals surface area contributed by atoms with Crippen LogP contribution >= 0.6 is 12.2 Å². The molecule has 0 aliphatic heterocycles. The highest BCUT2D eigenvalue weighted by Crippen LogP contribution is 2.31. The first kappa shape index (κ1) is 14.3. The van der Waals surface area contributed by atoms with Crippen molar-refractivity contribution in [3.8, 4) is 6.07 Å². The number of isothiocyanates is 1. The van der Waals surface area contributed by atoms with Gasteiger partial charge in [-0.3, -0.25) is 0 Å². The molecule has 0 saturated carbocycles. The van der Waals surface area contributed by atoms with E-state index in [0.717, 1.165) is 0 Å². The maximum atomic E-state index is 12.5. The normalized spacial score (nSPS) is 12.7. The Balaban J connectivity index is 5.54. The average molecular weight is 244 g/mol. The predicted octanol–water partition coefficient (Wildman–Crippen LogP) is 3.56. The summed E-state index contributed by atoms with van der Waals surface area (Å²) in [5.41, 5.74) is -1.85. The molecular formula is C10H7F3N2S. The number of aliphatic imine (C=N–C) groups is 1. The quantitative estimate of drug-likeness (QED) is 0.329. The maximum Gasteiger partial charge on any atom is 0.417 e. The van der Waals surface area contributed by atoms with Crippen molar-refractivity contribution >= 4 is 17.4 Å². The van der Waals surface area contributed by atoms with Crippen molar-refractivity contribution in [2.75, 3.05) is 0 Å². The SMILES string of the molecule is C=C(C#N)C(=CC(=CC)N=C=S)C(F)(F)F. The molecule has 0 aliphatic rings. The van der Waals surface area contributed by atoms with Crippen LogP contribution in [0.5, 0.6) is 0 Å². The summed E-state index contributed by atoms with van der Waals surface area (Å²) < 4.78 is 37.5. The summed E-state index contributed by atoms with van der Waals surface area (Å²) in [6.45, 7) is 4.51. The molecule has 0 rings (SSSR count). The Kier molecular flexibility index (Phi) is 5.37. The molecule has 0 aromatic carbocycles. The molecule has 0 saturated heterocycles. The minimum atomic E-state index is -4.65. The van der Waals surface area contributed by atoms with E-state index in [1.165, 1.54) is 19.1 Å². The van der Waals surface area contributed by atoms with E-state index in [2.05, 4.69) is 23.8 Å². The zero-order valence-corrected chi connectivity index (χ0v) is 9.11. The van der Waals surface area contributed by atoms with Gasteiger partial charge in [0.05, 0.1) is 28.1 Å². The monoisotopic (exact) mass is 244 g/mol. The van der Waals surface area contributed by atoms with E-state index in [1.54, 1.807) is 0 Å². The largest absolute Gasteiger partial charge is 0.417 e. The van der Waals surface area contributed by atoms with Gasteiger partial charge in [0.2, 0.25) is 0 Å². The zero-order chi connectivity index (χ0) is 12.8. The van der Waals surface area contributed by atoms with Crippen LogP contribution in [0.15, 0.2) is 40.6 Å². The second kappa shape index (κ2) is 6.01. The molecule has 0 aromatic rings. The molecule has 16 heavy (non-hydrogen) atoms. The van der Waals surface area contributed by atoms with Crippen molar-refractivity contribution in [2.45, 2.75) is 13.1 Å². The van der Waals surface area contributed by atoms with Crippen molar-refractivity contribution < 1.29 is 13.2 Å². The van der Waals surface area contributed by atoms with Crippen LogP contribution in [-0.4, -0.2) is 11.3 Å². The van der Waals surface area contributed by atoms with Gasteiger partial charge in [0, 0.05) is 0 Å². The number of halogens is 3. The minimum absolute atomic E-state index is 0.0290. The number of nitriles is 1. The van der Waals surface area contributed by atoms with Crippen LogP contribution in [0, 0.1) is 11.3 Å². The van der Waals surface area contributed by atoms with Gasteiger partial charge in [-0.05, 0) is 25.2 Å². The molecule has 0 aliphatic carbocycles. The molecule has 0 amide bonds. The number of nitrogens with zero attached hydrogens (tertiary/aromatic N) is 2. The number of hydrogen-bond acceptors (Lipinski definition) is 3. The Morgan fingerprint density at radius 2 is 2.06 bits per heavy atom. The van der Waals surface area contributed by atoms with E-state index in [9.17, 15) is 13.2 Å². The third-order valence-electron chi connectivity index (χ3n) is 1.53. The first-order valence-electron chi connectivity index (χ1n) is 3.99. The Morgan fingerprint density at radius 1 is 1.50 bits per heavy atom. The smallest absolute Gasteiger partial charge is 0.195 e. The number of thiocarbonyl (C=S) groups is 1. The van der Waals surface area contributed by atoms with Crippen molar-refractivity contribution in [1.29, 1.82) is 5.26 Å². The number of allylic oxidation sites excluding steroid dienone is 4. The number of alkyl halides is 3. The zero-order valence-electron chi connectivity index (χ0n) is 8.30. The van der Waals surface area contributed by atoms with Crippen molar-refractivity contribution in [3.05, 3.63) is 35.6 Å². The summed E-state index contributed by atoms with van der Waals surface area (Å²) in [4.78, 5) is 3.41. The molecule has 0 heterocycles. The van der Waals surface area contributed by atoms with Crippen LogP contribution in [0.3, 0.4) is 0 Å². The van der Waals surface area contributed by atoms with Crippen molar-refractivity contribution in [1.82, 2.24) is 0 Å². The lowest BCUT2D eigenvalue weighted by Gasteiger charge is -2.09. The first-order valence-corrected chi connectivity index (χ1v) is 4.40. The molecule has 0 radical (unpaired) electrons. The third kappa shape index (κ3) is 4.22. The highest BCUT2D eigenvalue weighted by atomic mass is 32.1. The molecule has 0 N–H and O–H groups in total. The lowest BCUT2D eigenvalue weighted by Crippen LogP contribution is -2.13. The highest BCUT2D eigenvalue weighted by molar-refractivity contribution is 7.78. The number of hydrogen-bond donors (Lipinski definition) is 0. The molecule has 0 atom stereocenters. The summed E-state index contributed by atoms with van der Waals surface area (Å²) in [6.07, 6.45) is -2.64. The van der Waals surface area contributed by atoms with Crippen LogP contribution in [0.1, 0.15) is 6.92 Å². The highest BCUT2D eigenvalue weighted by Gasteiger charge is 2.35. The third-order valence-corrected chi connectivity index (χ3v) is 1.62. The van der Waals surface area contributed by atoms with E-state index in [-0.39, 0.29) is 5.70 Å². The molecule has 0 unspecified atom stereocenters. The molecule has 0 fully saturated rings. The summed E-state index contributed by atoms with van der Waals surface area (Å²) in [5, 5.41) is 10.4.